The summed E-state index contributed by atoms with van der Waals surface area (Å²) in [5, 5.41) is 3.96. The van der Waals surface area contributed by atoms with E-state index in [0.29, 0.717) is 5.56 Å². The van der Waals surface area contributed by atoms with Crippen molar-refractivity contribution in [2.75, 3.05) is 0 Å². The van der Waals surface area contributed by atoms with Crippen molar-refractivity contribution in [3.05, 3.63) is 70.8 Å². The molecule has 1 amide bonds. The number of carbonyl (C=O) groups is 1. The van der Waals surface area contributed by atoms with Crippen LogP contribution in [0.2, 0.25) is 0 Å². The number of nitrogens with zero attached hydrogens (tertiary/aromatic N) is 1. The van der Waals surface area contributed by atoms with Crippen molar-refractivity contribution in [3.63, 3.8) is 0 Å². The Bertz CT molecular complexity index is 600. The summed E-state index contributed by atoms with van der Waals surface area (Å²) in [6, 6.07) is 15.3. The highest BCUT2D eigenvalue weighted by Gasteiger charge is 2.02. The Morgan fingerprint density at radius 2 is 1.79 bits per heavy atom. The van der Waals surface area contributed by atoms with E-state index in [-0.39, 0.29) is 5.91 Å². The fourth-order valence-corrected chi connectivity index (χ4v) is 1.69. The van der Waals surface area contributed by atoms with E-state index in [4.69, 9.17) is 0 Å². The van der Waals surface area contributed by atoms with Crippen LogP contribution in [0.4, 0.5) is 0 Å². The molecule has 0 saturated carbocycles. The Balaban J connectivity index is 1.98. The summed E-state index contributed by atoms with van der Waals surface area (Å²) >= 11 is 0. The molecule has 19 heavy (non-hydrogen) atoms. The van der Waals surface area contributed by atoms with Crippen LogP contribution in [-0.2, 0) is 0 Å². The highest BCUT2D eigenvalue weighted by molar-refractivity contribution is 5.94. The van der Waals surface area contributed by atoms with E-state index in [1.54, 1.807) is 18.3 Å². The first-order valence-electron chi connectivity index (χ1n) is 6.12. The molecule has 2 aromatic carbocycles. The Kier molecular flexibility index (Phi) is 4.08. The number of amides is 1. The summed E-state index contributed by atoms with van der Waals surface area (Å²) in [5.74, 6) is -0.205. The predicted molar refractivity (Wildman–Crippen MR) is 77.4 cm³/mol. The molecule has 1 N–H and O–H groups in total. The number of hydrogen-bond donors (Lipinski definition) is 1. The van der Waals surface area contributed by atoms with E-state index < -0.39 is 0 Å². The lowest BCUT2D eigenvalue weighted by Gasteiger charge is -2.00. The summed E-state index contributed by atoms with van der Waals surface area (Å²) in [4.78, 5) is 11.8. The largest absolute Gasteiger partial charge is 0.271 e. The zero-order chi connectivity index (χ0) is 13.7. The number of aryl methyl sites for hydroxylation is 2. The van der Waals surface area contributed by atoms with Gasteiger partial charge in [0.2, 0.25) is 0 Å². The molecular formula is C16H16N2O. The van der Waals surface area contributed by atoms with Crippen molar-refractivity contribution < 1.29 is 4.79 Å². The molecule has 0 bridgehead atoms. The van der Waals surface area contributed by atoms with Crippen LogP contribution in [-0.4, -0.2) is 12.1 Å². The Morgan fingerprint density at radius 1 is 1.05 bits per heavy atom. The molecule has 0 aliphatic rings. The number of rotatable bonds is 3. The van der Waals surface area contributed by atoms with Gasteiger partial charge in [0.1, 0.15) is 0 Å². The Morgan fingerprint density at radius 3 is 2.47 bits per heavy atom. The fraction of sp³-hybridized carbons (Fsp3) is 0.125. The molecule has 2 rings (SSSR count). The van der Waals surface area contributed by atoms with Crippen molar-refractivity contribution in [3.8, 4) is 0 Å². The SMILES string of the molecule is Cc1ccc(C(=O)N/N=C\c2cccc(C)c2)cc1. The van der Waals surface area contributed by atoms with Crippen molar-refractivity contribution in [2.24, 2.45) is 5.10 Å². The van der Waals surface area contributed by atoms with E-state index in [1.165, 1.54) is 0 Å². The van der Waals surface area contributed by atoms with Crippen LogP contribution in [0, 0.1) is 13.8 Å². The van der Waals surface area contributed by atoms with E-state index in [9.17, 15) is 4.79 Å². The first kappa shape index (κ1) is 13.0. The first-order chi connectivity index (χ1) is 9.15. The first-order valence-corrected chi connectivity index (χ1v) is 6.12. The van der Waals surface area contributed by atoms with Gasteiger partial charge in [0, 0.05) is 5.56 Å². The highest BCUT2D eigenvalue weighted by Crippen LogP contribution is 2.03. The molecule has 2 aromatic rings. The molecule has 0 aliphatic heterocycles. The minimum Gasteiger partial charge on any atom is -0.267 e. The highest BCUT2D eigenvalue weighted by atomic mass is 16.2. The van der Waals surface area contributed by atoms with E-state index >= 15 is 0 Å². The third-order valence-electron chi connectivity index (χ3n) is 2.74. The van der Waals surface area contributed by atoms with Crippen LogP contribution < -0.4 is 5.43 Å². The fourth-order valence-electron chi connectivity index (χ4n) is 1.69. The van der Waals surface area contributed by atoms with Gasteiger partial charge < -0.3 is 0 Å². The molecule has 0 heterocycles. The third-order valence-corrected chi connectivity index (χ3v) is 2.74. The standard InChI is InChI=1S/C16H16N2O/c1-12-6-8-15(9-7-12)16(19)18-17-11-14-5-3-4-13(2)10-14/h3-11H,1-2H3,(H,18,19)/b17-11-. The zero-order valence-corrected chi connectivity index (χ0v) is 11.1. The topological polar surface area (TPSA) is 41.5 Å². The Labute approximate surface area is 113 Å². The van der Waals surface area contributed by atoms with Crippen molar-refractivity contribution in [2.45, 2.75) is 13.8 Å². The lowest BCUT2D eigenvalue weighted by Crippen LogP contribution is -2.17. The average molecular weight is 252 g/mol. The molecule has 0 aliphatic carbocycles. The van der Waals surface area contributed by atoms with Crippen LogP contribution in [0.15, 0.2) is 53.6 Å². The molecule has 3 nitrogen and oxygen atoms in total. The molecule has 96 valence electrons. The number of hydrazone groups is 1. The van der Waals surface area contributed by atoms with Gasteiger partial charge >= 0.3 is 0 Å². The number of hydrogen-bond acceptors (Lipinski definition) is 2. The summed E-state index contributed by atoms with van der Waals surface area (Å²) in [6.45, 7) is 4.00. The van der Waals surface area contributed by atoms with Gasteiger partial charge in [-0.3, -0.25) is 4.79 Å². The Hall–Kier alpha value is -2.42. The second-order valence-corrected chi connectivity index (χ2v) is 4.48. The maximum Gasteiger partial charge on any atom is 0.271 e. The molecular weight excluding hydrogens is 236 g/mol. The quantitative estimate of drug-likeness (QED) is 0.662. The molecule has 0 spiro atoms. The second-order valence-electron chi connectivity index (χ2n) is 4.48. The predicted octanol–water partition coefficient (Wildman–Crippen LogP) is 3.07. The van der Waals surface area contributed by atoms with Gasteiger partial charge in [-0.1, -0.05) is 47.5 Å². The van der Waals surface area contributed by atoms with Gasteiger partial charge in [0.15, 0.2) is 0 Å². The summed E-state index contributed by atoms with van der Waals surface area (Å²) in [7, 11) is 0. The van der Waals surface area contributed by atoms with Crippen molar-refractivity contribution in [1.82, 2.24) is 5.43 Å². The van der Waals surface area contributed by atoms with Gasteiger partial charge in [-0.25, -0.2) is 5.43 Å². The summed E-state index contributed by atoms with van der Waals surface area (Å²) in [5.41, 5.74) is 6.37. The minimum absolute atomic E-state index is 0.205. The monoisotopic (exact) mass is 252 g/mol. The third kappa shape index (κ3) is 3.78. The van der Waals surface area contributed by atoms with Crippen LogP contribution in [0.3, 0.4) is 0 Å². The van der Waals surface area contributed by atoms with Crippen LogP contribution in [0.25, 0.3) is 0 Å². The molecule has 3 heteroatoms. The van der Waals surface area contributed by atoms with Gasteiger partial charge in [0.25, 0.3) is 5.91 Å². The van der Waals surface area contributed by atoms with Crippen LogP contribution in [0.1, 0.15) is 27.0 Å². The van der Waals surface area contributed by atoms with E-state index in [0.717, 1.165) is 16.7 Å². The molecule has 0 atom stereocenters. The lowest BCUT2D eigenvalue weighted by molar-refractivity contribution is 0.0955. The normalized spacial score (nSPS) is 10.6. The molecule has 0 radical (unpaired) electrons. The maximum absolute atomic E-state index is 11.8. The number of carbonyl (C=O) groups excluding carboxylic acids is 1. The van der Waals surface area contributed by atoms with Gasteiger partial charge in [-0.05, 0) is 31.5 Å². The molecule has 0 unspecified atom stereocenters. The number of benzene rings is 2. The maximum atomic E-state index is 11.8. The van der Waals surface area contributed by atoms with E-state index in [1.807, 2.05) is 50.2 Å². The van der Waals surface area contributed by atoms with Crippen LogP contribution in [0.5, 0.6) is 0 Å². The molecule has 0 fully saturated rings. The zero-order valence-electron chi connectivity index (χ0n) is 11.1. The minimum atomic E-state index is -0.205. The van der Waals surface area contributed by atoms with Crippen LogP contribution >= 0.6 is 0 Å². The average Bonchev–Trinajstić information content (AvgIpc) is 2.39. The van der Waals surface area contributed by atoms with E-state index in [2.05, 4.69) is 10.5 Å². The van der Waals surface area contributed by atoms with Gasteiger partial charge in [0.05, 0.1) is 6.21 Å². The number of nitrogens with one attached hydrogen (secondary N) is 1. The summed E-state index contributed by atoms with van der Waals surface area (Å²) < 4.78 is 0. The molecule has 0 saturated heterocycles. The van der Waals surface area contributed by atoms with Crippen molar-refractivity contribution >= 4 is 12.1 Å². The van der Waals surface area contributed by atoms with Gasteiger partial charge in [-0.15, -0.1) is 0 Å². The van der Waals surface area contributed by atoms with Crippen molar-refractivity contribution in [1.29, 1.82) is 0 Å². The smallest absolute Gasteiger partial charge is 0.267 e. The molecule has 0 aromatic heterocycles. The summed E-state index contributed by atoms with van der Waals surface area (Å²) in [6.07, 6.45) is 1.64. The van der Waals surface area contributed by atoms with Gasteiger partial charge in [-0.2, -0.15) is 5.10 Å². The second kappa shape index (κ2) is 5.96. The lowest BCUT2D eigenvalue weighted by atomic mass is 10.1.